The van der Waals surface area contributed by atoms with Gasteiger partial charge < -0.3 is 14.9 Å². The molecule has 1 amide bonds. The molecule has 0 aromatic heterocycles. The number of carbonyl (C=O) groups excluding carboxylic acids is 2. The molecular weight excluding hydrogens is 322 g/mol. The first kappa shape index (κ1) is 20.0. The third-order valence-corrected chi connectivity index (χ3v) is 3.13. The molecule has 25 heavy (non-hydrogen) atoms. The zero-order chi connectivity index (χ0) is 18.9. The topological polar surface area (TPSA) is 100 Å². The predicted molar refractivity (Wildman–Crippen MR) is 92.2 cm³/mol. The van der Waals surface area contributed by atoms with Gasteiger partial charge in [-0.25, -0.2) is 4.79 Å². The lowest BCUT2D eigenvalue weighted by Crippen LogP contribution is -2.37. The van der Waals surface area contributed by atoms with E-state index in [0.717, 1.165) is 6.20 Å². The number of hydrogen-bond donors (Lipinski definition) is 2. The third-order valence-electron chi connectivity index (χ3n) is 3.13. The van der Waals surface area contributed by atoms with E-state index in [2.05, 4.69) is 36.4 Å². The molecule has 0 aliphatic carbocycles. The van der Waals surface area contributed by atoms with Crippen molar-refractivity contribution in [1.82, 2.24) is 10.9 Å². The molecule has 1 rings (SSSR count). The molecule has 7 heteroatoms. The number of hydrogen-bond acceptors (Lipinski definition) is 6. The summed E-state index contributed by atoms with van der Waals surface area (Å²) in [6.07, 6.45) is 1.06. The van der Waals surface area contributed by atoms with Gasteiger partial charge in [-0.15, -0.1) is 0 Å². The Bertz CT molecular complexity index is 667. The van der Waals surface area contributed by atoms with Crippen LogP contribution in [0.2, 0.25) is 0 Å². The molecule has 0 unspecified atom stereocenters. The van der Waals surface area contributed by atoms with Crippen LogP contribution >= 0.6 is 0 Å². The van der Waals surface area contributed by atoms with E-state index in [9.17, 15) is 9.59 Å². The molecule has 134 valence electrons. The number of esters is 1. The molecule has 1 aromatic carbocycles. The number of nitriles is 1. The largest absolute Gasteiger partial charge is 0.484 e. The molecule has 0 bridgehead atoms. The molecule has 2 N–H and O–H groups in total. The van der Waals surface area contributed by atoms with Crippen LogP contribution in [0.15, 0.2) is 36.0 Å². The first-order valence-corrected chi connectivity index (χ1v) is 7.83. The number of nitrogens with zero attached hydrogens (tertiary/aromatic N) is 1. The molecule has 0 atom stereocenters. The molecule has 0 saturated heterocycles. The molecule has 0 radical (unpaired) electrons. The van der Waals surface area contributed by atoms with E-state index in [1.165, 1.54) is 5.56 Å². The molecule has 7 nitrogen and oxygen atoms in total. The summed E-state index contributed by atoms with van der Waals surface area (Å²) < 4.78 is 10.1. The van der Waals surface area contributed by atoms with E-state index in [0.29, 0.717) is 5.75 Å². The zero-order valence-corrected chi connectivity index (χ0v) is 14.9. The second kappa shape index (κ2) is 9.33. The first-order valence-electron chi connectivity index (χ1n) is 7.83. The Balaban J connectivity index is 2.45. The molecule has 1 aromatic rings. The molecular formula is C18H23N3O4. The van der Waals surface area contributed by atoms with Crippen LogP contribution in [0.25, 0.3) is 0 Å². The van der Waals surface area contributed by atoms with Gasteiger partial charge in [-0.2, -0.15) is 5.26 Å². The molecule has 0 aliphatic rings. The van der Waals surface area contributed by atoms with E-state index in [4.69, 9.17) is 10.00 Å². The maximum absolute atomic E-state index is 11.7. The molecule has 0 aliphatic heterocycles. The summed E-state index contributed by atoms with van der Waals surface area (Å²) in [5, 5.41) is 8.82. The van der Waals surface area contributed by atoms with E-state index in [-0.39, 0.29) is 24.2 Å². The van der Waals surface area contributed by atoms with Crippen LogP contribution in [0.5, 0.6) is 5.75 Å². The van der Waals surface area contributed by atoms with Gasteiger partial charge in [-0.3, -0.25) is 10.2 Å². The summed E-state index contributed by atoms with van der Waals surface area (Å²) >= 11 is 0. The second-order valence-electron chi connectivity index (χ2n) is 6.15. The summed E-state index contributed by atoms with van der Waals surface area (Å²) in [6, 6.07) is 9.18. The Labute approximate surface area is 147 Å². The summed E-state index contributed by atoms with van der Waals surface area (Å²) in [5.74, 6) is -0.651. The van der Waals surface area contributed by atoms with Gasteiger partial charge in [0.1, 0.15) is 11.8 Å². The van der Waals surface area contributed by atoms with Crippen LogP contribution in [-0.4, -0.2) is 25.1 Å². The lowest BCUT2D eigenvalue weighted by molar-refractivity contribution is -0.138. The smallest absolute Gasteiger partial charge is 0.350 e. The fourth-order valence-electron chi connectivity index (χ4n) is 1.77. The maximum Gasteiger partial charge on any atom is 0.350 e. The highest BCUT2D eigenvalue weighted by Gasteiger charge is 2.13. The number of benzene rings is 1. The van der Waals surface area contributed by atoms with Gasteiger partial charge in [0.2, 0.25) is 0 Å². The van der Waals surface area contributed by atoms with Crippen molar-refractivity contribution in [2.24, 2.45) is 0 Å². The second-order valence-corrected chi connectivity index (χ2v) is 6.15. The number of hydrazine groups is 1. The van der Waals surface area contributed by atoms with Crippen molar-refractivity contribution >= 4 is 11.9 Å². The molecule has 0 saturated carbocycles. The Morgan fingerprint density at radius 3 is 2.40 bits per heavy atom. The summed E-state index contributed by atoms with van der Waals surface area (Å²) in [4.78, 5) is 23.0. The highest BCUT2D eigenvalue weighted by Crippen LogP contribution is 2.24. The Hall–Kier alpha value is -3.01. The minimum atomic E-state index is -0.762. The standard InChI is InChI=1S/C18H23N3O4/c1-5-24-17(23)13(10-19)11-20-21-16(22)12-25-15-8-6-14(7-9-15)18(2,3)4/h6-9,11,20H,5,12H2,1-4H3,(H,21,22)/b13-11+. The van der Waals surface area contributed by atoms with Gasteiger partial charge in [0.05, 0.1) is 6.61 Å². The fraction of sp³-hybridized carbons (Fsp3) is 0.389. The van der Waals surface area contributed by atoms with Crippen molar-refractivity contribution in [3.63, 3.8) is 0 Å². The number of ether oxygens (including phenoxy) is 2. The SMILES string of the molecule is CCOC(=O)/C(C#N)=C/NNC(=O)COc1ccc(C(C)(C)C)cc1. The van der Waals surface area contributed by atoms with Gasteiger partial charge in [-0.05, 0) is 30.0 Å². The van der Waals surface area contributed by atoms with Crippen molar-refractivity contribution in [2.75, 3.05) is 13.2 Å². The molecule has 0 fully saturated rings. The predicted octanol–water partition coefficient (Wildman–Crippen LogP) is 1.95. The van der Waals surface area contributed by atoms with Gasteiger partial charge >= 0.3 is 5.97 Å². The zero-order valence-electron chi connectivity index (χ0n) is 14.9. The van der Waals surface area contributed by atoms with E-state index >= 15 is 0 Å². The van der Waals surface area contributed by atoms with Gasteiger partial charge in [0.15, 0.2) is 12.2 Å². The quantitative estimate of drug-likeness (QED) is 0.339. The van der Waals surface area contributed by atoms with Crippen molar-refractivity contribution in [3.05, 3.63) is 41.6 Å². The van der Waals surface area contributed by atoms with Crippen LogP contribution in [-0.2, 0) is 19.7 Å². The number of rotatable bonds is 7. The van der Waals surface area contributed by atoms with Gasteiger partial charge in [-0.1, -0.05) is 32.9 Å². The van der Waals surface area contributed by atoms with Crippen LogP contribution in [0, 0.1) is 11.3 Å². The molecule has 0 heterocycles. The van der Waals surface area contributed by atoms with E-state index in [1.54, 1.807) is 25.1 Å². The normalized spacial score (nSPS) is 11.2. The lowest BCUT2D eigenvalue weighted by atomic mass is 9.87. The molecule has 0 spiro atoms. The highest BCUT2D eigenvalue weighted by atomic mass is 16.5. The third kappa shape index (κ3) is 6.96. The monoisotopic (exact) mass is 345 g/mol. The summed E-state index contributed by atoms with van der Waals surface area (Å²) in [7, 11) is 0. The maximum atomic E-state index is 11.7. The first-order chi connectivity index (χ1) is 11.8. The van der Waals surface area contributed by atoms with Crippen LogP contribution in [0.4, 0.5) is 0 Å². The Morgan fingerprint density at radius 1 is 1.24 bits per heavy atom. The fourth-order valence-corrected chi connectivity index (χ4v) is 1.77. The van der Waals surface area contributed by atoms with Crippen LogP contribution in [0.1, 0.15) is 33.3 Å². The van der Waals surface area contributed by atoms with Crippen LogP contribution in [0.3, 0.4) is 0 Å². The van der Waals surface area contributed by atoms with Crippen molar-refractivity contribution in [2.45, 2.75) is 33.1 Å². The summed E-state index contributed by atoms with van der Waals surface area (Å²) in [5.41, 5.74) is 5.64. The van der Waals surface area contributed by atoms with Crippen molar-refractivity contribution < 1.29 is 19.1 Å². The Kier molecular flexibility index (Phi) is 7.47. The lowest BCUT2D eigenvalue weighted by Gasteiger charge is -2.19. The average Bonchev–Trinajstić information content (AvgIpc) is 2.56. The van der Waals surface area contributed by atoms with E-state index < -0.39 is 11.9 Å². The Morgan fingerprint density at radius 2 is 1.88 bits per heavy atom. The van der Waals surface area contributed by atoms with Crippen molar-refractivity contribution in [3.8, 4) is 11.8 Å². The van der Waals surface area contributed by atoms with Gasteiger partial charge in [0.25, 0.3) is 5.91 Å². The highest BCUT2D eigenvalue weighted by molar-refractivity contribution is 5.92. The number of carbonyl (C=O) groups is 2. The number of amides is 1. The van der Waals surface area contributed by atoms with Crippen molar-refractivity contribution in [1.29, 1.82) is 5.26 Å². The van der Waals surface area contributed by atoms with E-state index in [1.807, 2.05) is 12.1 Å². The van der Waals surface area contributed by atoms with Crippen LogP contribution < -0.4 is 15.6 Å². The minimum absolute atomic E-state index is 0.0452. The van der Waals surface area contributed by atoms with Gasteiger partial charge in [0, 0.05) is 6.20 Å². The summed E-state index contributed by atoms with van der Waals surface area (Å²) in [6.45, 7) is 7.92. The average molecular weight is 345 g/mol. The number of nitrogens with one attached hydrogen (secondary N) is 2. The minimum Gasteiger partial charge on any atom is -0.484 e.